The second-order valence-electron chi connectivity index (χ2n) is 17.9. The van der Waals surface area contributed by atoms with E-state index in [4.69, 9.17) is 27.8 Å². The maximum absolute atomic E-state index is 7.45. The van der Waals surface area contributed by atoms with Crippen molar-refractivity contribution in [1.82, 2.24) is 39.3 Å². The zero-order valence-electron chi connectivity index (χ0n) is 36.5. The minimum atomic E-state index is -1.15. The normalized spacial score (nSPS) is 18.7. The number of nitrogens with one attached hydrogen (secondary N) is 3. The molecule has 0 aliphatic heterocycles. The van der Waals surface area contributed by atoms with Crippen molar-refractivity contribution in [3.05, 3.63) is 95.1 Å². The molecular formula is C46H58N12OSi. The number of aromatic nitrogens is 6. The molecular weight excluding hydrogens is 765 g/mol. The molecule has 2 fully saturated rings. The summed E-state index contributed by atoms with van der Waals surface area (Å²) >= 11 is 0. The SMILES string of the molecule is [C-]#[N+]c1ccc2c(-c3nc(N[C@H]4CC[C@@H]4N(C)C)ncc3C)c[nH]c2c1.[C-]#[N+]c1ccc2c(-c3nc(N[C@H]4CC[C@@H]4N(C)C)ncc3C)cn(COCC[Si](C)(C)C)c2c1. The molecule has 8 rings (SSSR count). The van der Waals surface area contributed by atoms with Gasteiger partial charge in [-0.05, 0) is 97.0 Å². The average molecular weight is 823 g/mol. The van der Waals surface area contributed by atoms with Gasteiger partial charge in [0.2, 0.25) is 11.9 Å². The number of hydrogen-bond donors (Lipinski definition) is 3. The maximum Gasteiger partial charge on any atom is 0.223 e. The fraction of sp³-hybridized carbons (Fsp3) is 0.435. The second kappa shape index (κ2) is 17.9. The lowest BCUT2D eigenvalue weighted by molar-refractivity contribution is 0.0903. The molecule has 3 N–H and O–H groups in total. The van der Waals surface area contributed by atoms with E-state index in [1.54, 1.807) is 0 Å². The Kier molecular flexibility index (Phi) is 12.7. The van der Waals surface area contributed by atoms with Crippen LogP contribution >= 0.6 is 0 Å². The Balaban J connectivity index is 0.000000188. The van der Waals surface area contributed by atoms with E-state index in [1.165, 1.54) is 12.8 Å². The molecule has 0 saturated heterocycles. The van der Waals surface area contributed by atoms with Crippen LogP contribution in [-0.4, -0.2) is 106 Å². The Labute approximate surface area is 355 Å². The summed E-state index contributed by atoms with van der Waals surface area (Å²) in [6.07, 6.45) is 12.5. The molecule has 4 atom stereocenters. The summed E-state index contributed by atoms with van der Waals surface area (Å²) in [7, 11) is 7.32. The quantitative estimate of drug-likeness (QED) is 0.0594. The highest BCUT2D eigenvalue weighted by molar-refractivity contribution is 6.76. The zero-order valence-corrected chi connectivity index (χ0v) is 37.5. The topological polar surface area (TPSA) is 121 Å². The van der Waals surface area contributed by atoms with E-state index in [2.05, 4.69) is 104 Å². The third kappa shape index (κ3) is 9.38. The summed E-state index contributed by atoms with van der Waals surface area (Å²) < 4.78 is 8.16. The fourth-order valence-corrected chi connectivity index (χ4v) is 8.76. The van der Waals surface area contributed by atoms with Crippen LogP contribution in [-0.2, 0) is 11.5 Å². The van der Waals surface area contributed by atoms with Crippen LogP contribution in [0.4, 0.5) is 23.3 Å². The van der Waals surface area contributed by atoms with Gasteiger partial charge in [-0.3, -0.25) is 0 Å². The first kappa shape index (κ1) is 42.5. The third-order valence-electron chi connectivity index (χ3n) is 11.9. The van der Waals surface area contributed by atoms with Gasteiger partial charge in [0.05, 0.1) is 24.5 Å². The van der Waals surface area contributed by atoms with Gasteiger partial charge in [0, 0.05) is 96.6 Å². The number of H-pyrrole nitrogens is 1. The number of fused-ring (bicyclic) bond motifs is 2. The van der Waals surface area contributed by atoms with Gasteiger partial charge in [0.25, 0.3) is 0 Å². The van der Waals surface area contributed by atoms with Gasteiger partial charge in [0.1, 0.15) is 6.73 Å². The van der Waals surface area contributed by atoms with Crippen molar-refractivity contribution in [3.63, 3.8) is 0 Å². The molecule has 13 nitrogen and oxygen atoms in total. The smallest absolute Gasteiger partial charge is 0.223 e. The average Bonchev–Trinajstić information content (AvgIpc) is 3.78. The van der Waals surface area contributed by atoms with E-state index < -0.39 is 8.07 Å². The molecule has 60 heavy (non-hydrogen) atoms. The van der Waals surface area contributed by atoms with Crippen LogP contribution in [0.3, 0.4) is 0 Å². The molecule has 2 aromatic carbocycles. The predicted molar refractivity (Wildman–Crippen MR) is 247 cm³/mol. The molecule has 4 aromatic heterocycles. The second-order valence-corrected chi connectivity index (χ2v) is 23.5. The summed E-state index contributed by atoms with van der Waals surface area (Å²) in [6, 6.07) is 14.5. The predicted octanol–water partition coefficient (Wildman–Crippen LogP) is 9.76. The molecule has 0 radical (unpaired) electrons. The number of nitrogens with zero attached hydrogens (tertiary/aromatic N) is 9. The van der Waals surface area contributed by atoms with Crippen LogP contribution in [0.2, 0.25) is 25.7 Å². The van der Waals surface area contributed by atoms with Crippen molar-refractivity contribution in [2.45, 2.75) is 96.1 Å². The highest BCUT2D eigenvalue weighted by atomic mass is 28.3. The lowest BCUT2D eigenvalue weighted by atomic mass is 9.85. The van der Waals surface area contributed by atoms with Crippen LogP contribution in [0.1, 0.15) is 36.8 Å². The van der Waals surface area contributed by atoms with Crippen molar-refractivity contribution in [2.24, 2.45) is 0 Å². The largest absolute Gasteiger partial charge is 0.362 e. The Bertz CT molecular complexity index is 2560. The minimum Gasteiger partial charge on any atom is -0.362 e. The zero-order chi connectivity index (χ0) is 42.7. The van der Waals surface area contributed by atoms with Crippen LogP contribution < -0.4 is 10.6 Å². The lowest BCUT2D eigenvalue weighted by Gasteiger charge is -2.41. The van der Waals surface area contributed by atoms with Crippen LogP contribution in [0.5, 0.6) is 0 Å². The number of aromatic amines is 1. The van der Waals surface area contributed by atoms with Crippen molar-refractivity contribution < 1.29 is 4.74 Å². The molecule has 4 heterocycles. The fourth-order valence-electron chi connectivity index (χ4n) is 8.00. The van der Waals surface area contributed by atoms with Crippen molar-refractivity contribution in [3.8, 4) is 22.5 Å². The van der Waals surface area contributed by atoms with E-state index >= 15 is 0 Å². The van der Waals surface area contributed by atoms with E-state index in [9.17, 15) is 0 Å². The number of rotatable bonds is 13. The summed E-state index contributed by atoms with van der Waals surface area (Å²) in [6.45, 7) is 27.0. The summed E-state index contributed by atoms with van der Waals surface area (Å²) in [5.74, 6) is 1.34. The molecule has 6 aromatic rings. The summed E-state index contributed by atoms with van der Waals surface area (Å²) in [4.78, 5) is 33.7. The molecule has 0 bridgehead atoms. The number of likely N-dealkylation sites (N-methyl/N-ethyl adjacent to an activating group) is 2. The monoisotopic (exact) mass is 822 g/mol. The van der Waals surface area contributed by atoms with Gasteiger partial charge >= 0.3 is 0 Å². The van der Waals surface area contributed by atoms with Crippen LogP contribution in [0, 0.1) is 27.0 Å². The number of anilines is 2. The van der Waals surface area contributed by atoms with E-state index in [0.717, 1.165) is 80.9 Å². The molecule has 14 heteroatoms. The van der Waals surface area contributed by atoms with Gasteiger partial charge in [-0.15, -0.1) is 0 Å². The third-order valence-corrected chi connectivity index (χ3v) is 13.6. The molecule has 312 valence electrons. The number of aryl methyl sites for hydroxylation is 2. The van der Waals surface area contributed by atoms with Gasteiger partial charge in [-0.2, -0.15) is 0 Å². The standard InChI is InChI=1S/C26H36N6OSi.C20H22N6/c1-18-15-28-26(29-22-10-11-23(22)31(3)4)30-25(18)21-16-32(17-33-12-13-34(5,6)7)24-14-19(27-2)8-9-20(21)24;1-12-10-23-20(24-16-7-8-18(16)26(3)4)25-19(12)15-11-22-17-9-13(21-2)5-6-14(15)17/h8-9,14-16,22-23H,10-13,17H2,1,3-7H3,(H,28,29,30);5-6,9-11,16,18,22H,7-8H2,1,3-4H3,(H,23,24,25)/t22-,23-;16-,18-/m00/s1. The Morgan fingerprint density at radius 2 is 1.33 bits per heavy atom. The Hall–Kier alpha value is -5.64. The molecule has 2 aliphatic carbocycles. The van der Waals surface area contributed by atoms with Gasteiger partial charge in [0.15, 0.2) is 11.4 Å². The first-order chi connectivity index (χ1) is 28.7. The molecule has 2 aliphatic rings. The van der Waals surface area contributed by atoms with Crippen LogP contribution in [0.15, 0.2) is 61.2 Å². The Morgan fingerprint density at radius 3 is 1.85 bits per heavy atom. The lowest BCUT2D eigenvalue weighted by Crippen LogP contribution is -2.51. The number of benzene rings is 2. The van der Waals surface area contributed by atoms with Gasteiger partial charge < -0.3 is 34.7 Å². The summed E-state index contributed by atoms with van der Waals surface area (Å²) in [5.41, 5.74) is 9.18. The van der Waals surface area contributed by atoms with Crippen LogP contribution in [0.25, 0.3) is 54.0 Å². The van der Waals surface area contributed by atoms with E-state index in [0.29, 0.717) is 54.2 Å². The van der Waals surface area contributed by atoms with Gasteiger partial charge in [-0.1, -0.05) is 43.9 Å². The Morgan fingerprint density at radius 1 is 0.783 bits per heavy atom. The maximum atomic E-state index is 7.45. The highest BCUT2D eigenvalue weighted by Crippen LogP contribution is 2.36. The van der Waals surface area contributed by atoms with Crippen molar-refractivity contribution >= 4 is 53.2 Å². The highest BCUT2D eigenvalue weighted by Gasteiger charge is 2.34. The van der Waals surface area contributed by atoms with Gasteiger partial charge in [-0.25, -0.2) is 29.6 Å². The van der Waals surface area contributed by atoms with Crippen molar-refractivity contribution in [1.29, 1.82) is 0 Å². The van der Waals surface area contributed by atoms with E-state index in [-0.39, 0.29) is 0 Å². The summed E-state index contributed by atoms with van der Waals surface area (Å²) in [5, 5.41) is 9.18. The molecule has 0 spiro atoms. The first-order valence-electron chi connectivity index (χ1n) is 20.8. The van der Waals surface area contributed by atoms with E-state index in [1.807, 2.05) is 68.8 Å². The minimum absolute atomic E-state index is 0.368. The molecule has 0 amide bonds. The molecule has 0 unspecified atom stereocenters. The molecule has 2 saturated carbocycles. The first-order valence-corrected chi connectivity index (χ1v) is 24.5. The number of ether oxygens (including phenoxy) is 1. The number of hydrogen-bond acceptors (Lipinski definition) is 9. The van der Waals surface area contributed by atoms with Crippen molar-refractivity contribution in [2.75, 3.05) is 45.4 Å².